The number of aliphatic hydroxyl groups is 1. The third kappa shape index (κ3) is 1.51. The number of halogens is 2. The third-order valence-corrected chi connectivity index (χ3v) is 4.14. The second kappa shape index (κ2) is 3.85. The van der Waals surface area contributed by atoms with E-state index in [0.717, 1.165) is 6.42 Å². The predicted molar refractivity (Wildman–Crippen MR) is 64.0 cm³/mol. The number of piperazine rings is 1. The third-order valence-electron chi connectivity index (χ3n) is 4.14. The smallest absolute Gasteiger partial charge is 0.267 e. The molecule has 0 amide bonds. The van der Waals surface area contributed by atoms with Crippen LogP contribution in [-0.2, 0) is 0 Å². The maximum absolute atomic E-state index is 14.2. The summed E-state index contributed by atoms with van der Waals surface area (Å²) in [6.45, 7) is 1.89. The monoisotopic (exact) mass is 256 g/mol. The highest BCUT2D eigenvalue weighted by Crippen LogP contribution is 2.54. The van der Waals surface area contributed by atoms with Gasteiger partial charge in [-0.15, -0.1) is 0 Å². The molecule has 0 radical (unpaired) electrons. The summed E-state index contributed by atoms with van der Waals surface area (Å²) in [7, 11) is 0. The molecule has 2 saturated heterocycles. The van der Waals surface area contributed by atoms with Gasteiger partial charge in [0.25, 0.3) is 5.92 Å². The van der Waals surface area contributed by atoms with E-state index in [4.69, 9.17) is 0 Å². The second-order valence-corrected chi connectivity index (χ2v) is 5.32. The van der Waals surface area contributed by atoms with Crippen molar-refractivity contribution in [2.45, 2.75) is 56.1 Å². The molecule has 1 aliphatic carbocycles. The number of alkyl halides is 2. The Balaban J connectivity index is 1.81. The number of hydrogen-bond donors (Lipinski definition) is 2. The summed E-state index contributed by atoms with van der Waals surface area (Å²) < 4.78 is 28.4. The predicted octanol–water partition coefficient (Wildman–Crippen LogP) is 1.61. The van der Waals surface area contributed by atoms with Gasteiger partial charge in [0.2, 0.25) is 0 Å². The molecule has 2 aliphatic heterocycles. The Morgan fingerprint density at radius 1 is 1.44 bits per heavy atom. The minimum atomic E-state index is -2.86. The minimum absolute atomic E-state index is 0.0385. The quantitative estimate of drug-likeness (QED) is 0.750. The van der Waals surface area contributed by atoms with Crippen LogP contribution in [0.4, 0.5) is 8.78 Å². The van der Waals surface area contributed by atoms with Crippen molar-refractivity contribution >= 4 is 0 Å². The second-order valence-electron chi connectivity index (χ2n) is 5.32. The zero-order chi connectivity index (χ0) is 13.0. The fourth-order valence-electron chi connectivity index (χ4n) is 3.22. The van der Waals surface area contributed by atoms with Crippen LogP contribution in [0.2, 0.25) is 0 Å². The topological polar surface area (TPSA) is 35.3 Å². The van der Waals surface area contributed by atoms with Crippen molar-refractivity contribution in [1.82, 2.24) is 10.2 Å². The number of allylic oxidation sites excluding steroid dienone is 2. The summed E-state index contributed by atoms with van der Waals surface area (Å²) in [5, 5.41) is 12.8. The summed E-state index contributed by atoms with van der Waals surface area (Å²) in [4.78, 5) is 1.69. The lowest BCUT2D eigenvalue weighted by Crippen LogP contribution is -2.50. The molecule has 100 valence electrons. The van der Waals surface area contributed by atoms with E-state index in [-0.39, 0.29) is 12.5 Å². The van der Waals surface area contributed by atoms with Gasteiger partial charge in [-0.1, -0.05) is 31.6 Å². The van der Waals surface area contributed by atoms with E-state index in [1.807, 2.05) is 31.2 Å². The van der Waals surface area contributed by atoms with Gasteiger partial charge in [0.1, 0.15) is 17.9 Å². The summed E-state index contributed by atoms with van der Waals surface area (Å²) in [5.41, 5.74) is -0.561. The Hall–Kier alpha value is -0.780. The Morgan fingerprint density at radius 3 is 2.94 bits per heavy atom. The first-order valence-corrected chi connectivity index (χ1v) is 6.51. The van der Waals surface area contributed by atoms with Crippen LogP contribution in [0.5, 0.6) is 0 Å². The Bertz CT molecular complexity index is 410. The molecule has 0 saturated carbocycles. The number of fused-ring (bicyclic) bond motifs is 1. The molecule has 0 aromatic rings. The van der Waals surface area contributed by atoms with Crippen molar-refractivity contribution in [3.63, 3.8) is 0 Å². The van der Waals surface area contributed by atoms with Crippen LogP contribution in [0, 0.1) is 0 Å². The molecule has 0 bridgehead atoms. The molecule has 3 nitrogen and oxygen atoms in total. The van der Waals surface area contributed by atoms with Gasteiger partial charge in [-0.05, 0) is 12.5 Å². The normalized spacial score (nSPS) is 44.9. The Kier molecular flexibility index (Phi) is 2.63. The molecule has 5 unspecified atom stereocenters. The van der Waals surface area contributed by atoms with Gasteiger partial charge in [0.05, 0.1) is 6.04 Å². The maximum Gasteiger partial charge on any atom is 0.267 e. The summed E-state index contributed by atoms with van der Waals surface area (Å²) in [5.74, 6) is -2.86. The lowest BCUT2D eigenvalue weighted by Gasteiger charge is -2.28. The fraction of sp³-hybridized carbons (Fsp3) is 0.692. The van der Waals surface area contributed by atoms with Gasteiger partial charge < -0.3 is 5.11 Å². The SMILES string of the molecule is CCCCC(F)(F)C1C(O)NC23C=CC=CC2N13. The first-order chi connectivity index (χ1) is 8.53. The zero-order valence-electron chi connectivity index (χ0n) is 10.3. The van der Waals surface area contributed by atoms with Gasteiger partial charge in [-0.3, -0.25) is 10.2 Å². The largest absolute Gasteiger partial charge is 0.377 e. The number of unbranched alkanes of at least 4 members (excludes halogenated alkanes) is 1. The first kappa shape index (κ1) is 12.3. The molecule has 2 fully saturated rings. The van der Waals surface area contributed by atoms with Crippen LogP contribution < -0.4 is 5.32 Å². The molecule has 2 N–H and O–H groups in total. The average Bonchev–Trinajstić information content (AvgIpc) is 2.84. The van der Waals surface area contributed by atoms with Gasteiger partial charge >= 0.3 is 0 Å². The van der Waals surface area contributed by atoms with Crippen molar-refractivity contribution in [3.8, 4) is 0 Å². The van der Waals surface area contributed by atoms with Crippen molar-refractivity contribution in [3.05, 3.63) is 24.3 Å². The Labute approximate surface area is 105 Å². The lowest BCUT2D eigenvalue weighted by atomic mass is 10.0. The number of nitrogens with zero attached hydrogens (tertiary/aromatic N) is 1. The number of hydrogen-bond acceptors (Lipinski definition) is 3. The van der Waals surface area contributed by atoms with Crippen molar-refractivity contribution in [2.75, 3.05) is 0 Å². The van der Waals surface area contributed by atoms with E-state index in [9.17, 15) is 13.9 Å². The van der Waals surface area contributed by atoms with Crippen LogP contribution in [0.15, 0.2) is 24.3 Å². The van der Waals surface area contributed by atoms with Crippen LogP contribution in [-0.4, -0.2) is 39.9 Å². The minimum Gasteiger partial charge on any atom is -0.377 e. The van der Waals surface area contributed by atoms with Crippen LogP contribution in [0.3, 0.4) is 0 Å². The lowest BCUT2D eigenvalue weighted by molar-refractivity contribution is -0.0977. The molecule has 5 atom stereocenters. The molecule has 1 spiro atoms. The summed E-state index contributed by atoms with van der Waals surface area (Å²) >= 11 is 0. The van der Waals surface area contributed by atoms with Crippen molar-refractivity contribution in [1.29, 1.82) is 0 Å². The van der Waals surface area contributed by atoms with E-state index in [1.165, 1.54) is 0 Å². The highest BCUT2D eigenvalue weighted by molar-refractivity contribution is 5.42. The van der Waals surface area contributed by atoms with Gasteiger partial charge in [-0.2, -0.15) is 0 Å². The van der Waals surface area contributed by atoms with Crippen molar-refractivity contribution < 1.29 is 13.9 Å². The molecule has 3 rings (SSSR count). The molecular weight excluding hydrogens is 238 g/mol. The fourth-order valence-corrected chi connectivity index (χ4v) is 3.22. The molecule has 3 aliphatic rings. The van der Waals surface area contributed by atoms with Crippen LogP contribution in [0.1, 0.15) is 26.2 Å². The number of rotatable bonds is 4. The molecule has 5 heteroatoms. The highest BCUT2D eigenvalue weighted by atomic mass is 19.3. The average molecular weight is 256 g/mol. The van der Waals surface area contributed by atoms with Gasteiger partial charge in [0, 0.05) is 6.42 Å². The van der Waals surface area contributed by atoms with Gasteiger partial charge in [0.15, 0.2) is 0 Å². The van der Waals surface area contributed by atoms with Gasteiger partial charge in [-0.25, -0.2) is 8.78 Å². The number of nitrogens with one attached hydrogen (secondary N) is 1. The van der Waals surface area contributed by atoms with E-state index in [2.05, 4.69) is 5.32 Å². The highest BCUT2D eigenvalue weighted by Gasteiger charge is 2.74. The van der Waals surface area contributed by atoms with E-state index in [0.29, 0.717) is 6.42 Å². The zero-order valence-corrected chi connectivity index (χ0v) is 10.3. The summed E-state index contributed by atoms with van der Waals surface area (Å²) in [6, 6.07) is -1.16. The van der Waals surface area contributed by atoms with Crippen LogP contribution >= 0.6 is 0 Å². The first-order valence-electron chi connectivity index (χ1n) is 6.51. The van der Waals surface area contributed by atoms with E-state index >= 15 is 0 Å². The summed E-state index contributed by atoms with van der Waals surface area (Å²) in [6.07, 6.45) is 7.35. The Morgan fingerprint density at radius 2 is 2.22 bits per heavy atom. The number of aliphatic hydroxyl groups excluding tert-OH is 1. The molecule has 2 heterocycles. The van der Waals surface area contributed by atoms with Crippen molar-refractivity contribution in [2.24, 2.45) is 0 Å². The molecule has 0 aromatic carbocycles. The standard InChI is InChI=1S/C13H18F2N2O/c1-2-3-7-12(14,15)10-11(18)16-13-8-5-4-6-9(13)17(10)13/h4-6,8-11,16,18H,2-3,7H2,1H3. The molecular formula is C13H18F2N2O. The van der Waals surface area contributed by atoms with E-state index in [1.54, 1.807) is 4.90 Å². The van der Waals surface area contributed by atoms with Crippen LogP contribution in [0.25, 0.3) is 0 Å². The van der Waals surface area contributed by atoms with E-state index < -0.39 is 23.9 Å². The maximum atomic E-state index is 14.2. The molecule has 18 heavy (non-hydrogen) atoms. The molecule has 0 aromatic heterocycles.